The van der Waals surface area contributed by atoms with Gasteiger partial charge in [-0.25, -0.2) is 0 Å². The lowest BCUT2D eigenvalue weighted by Gasteiger charge is -2.17. The average molecular weight is 287 g/mol. The van der Waals surface area contributed by atoms with Crippen LogP contribution in [0.4, 0.5) is 0 Å². The molecular weight excluding hydrogens is 266 g/mol. The minimum Gasteiger partial charge on any atom is -0.496 e. The van der Waals surface area contributed by atoms with Crippen LogP contribution in [-0.4, -0.2) is 28.1 Å². The summed E-state index contributed by atoms with van der Waals surface area (Å²) in [6.07, 6.45) is 0. The molecule has 0 spiro atoms. The number of hydrogen-bond acceptors (Lipinski definition) is 4. The molecule has 1 N–H and O–H groups in total. The van der Waals surface area contributed by atoms with E-state index in [1.165, 1.54) is 0 Å². The number of para-hydroxylation sites is 2. The van der Waals surface area contributed by atoms with Crippen LogP contribution in [0.15, 0.2) is 42.5 Å². The van der Waals surface area contributed by atoms with Gasteiger partial charge in [-0.3, -0.25) is 0 Å². The van der Waals surface area contributed by atoms with Gasteiger partial charge in [0.25, 0.3) is 0 Å². The van der Waals surface area contributed by atoms with Crippen LogP contribution in [0.25, 0.3) is 11.1 Å². The van der Waals surface area contributed by atoms with E-state index in [4.69, 9.17) is 14.2 Å². The van der Waals surface area contributed by atoms with E-state index in [0.717, 1.165) is 34.7 Å². The molecule has 4 nitrogen and oxygen atoms in total. The normalized spacial score (nSPS) is 10.4. The Hall–Kier alpha value is -2.04. The van der Waals surface area contributed by atoms with Crippen LogP contribution >= 0.6 is 0 Å². The molecule has 0 amide bonds. The van der Waals surface area contributed by atoms with Gasteiger partial charge in [-0.2, -0.15) is 0 Å². The van der Waals surface area contributed by atoms with E-state index in [2.05, 4.69) is 5.32 Å². The quantitative estimate of drug-likeness (QED) is 0.795. The predicted molar refractivity (Wildman–Crippen MR) is 83.7 cm³/mol. The van der Waals surface area contributed by atoms with Crippen LogP contribution in [0.2, 0.25) is 0 Å². The standard InChI is InChI=1S/C17H21NO3/c1-18-11-13-7-6-9-15(17(13)21-12-19-2)14-8-4-5-10-16(14)20-3/h4-10,18H,11-12H2,1-3H3. The Labute approximate surface area is 125 Å². The van der Waals surface area contributed by atoms with Crippen LogP contribution in [0.1, 0.15) is 5.56 Å². The molecule has 0 aliphatic carbocycles. The Morgan fingerprint density at radius 1 is 0.952 bits per heavy atom. The highest BCUT2D eigenvalue weighted by atomic mass is 16.7. The second kappa shape index (κ2) is 7.67. The van der Waals surface area contributed by atoms with Crippen molar-refractivity contribution in [2.75, 3.05) is 28.1 Å². The third kappa shape index (κ3) is 3.54. The van der Waals surface area contributed by atoms with Gasteiger partial charge in [0.2, 0.25) is 0 Å². The molecule has 2 aromatic rings. The van der Waals surface area contributed by atoms with E-state index in [1.807, 2.05) is 49.5 Å². The number of ether oxygens (including phenoxy) is 3. The summed E-state index contributed by atoms with van der Waals surface area (Å²) in [6.45, 7) is 0.935. The molecule has 112 valence electrons. The first-order chi connectivity index (χ1) is 10.3. The lowest BCUT2D eigenvalue weighted by atomic mass is 10.0. The minimum atomic E-state index is 0.211. The first-order valence-corrected chi connectivity index (χ1v) is 6.83. The molecule has 21 heavy (non-hydrogen) atoms. The predicted octanol–water partition coefficient (Wildman–Crippen LogP) is 3.06. The summed E-state index contributed by atoms with van der Waals surface area (Å²) in [7, 11) is 5.20. The molecule has 2 rings (SSSR count). The fourth-order valence-electron chi connectivity index (χ4n) is 2.28. The van der Waals surface area contributed by atoms with E-state index < -0.39 is 0 Å². The maximum absolute atomic E-state index is 5.81. The van der Waals surface area contributed by atoms with Crippen molar-refractivity contribution in [3.63, 3.8) is 0 Å². The fourth-order valence-corrected chi connectivity index (χ4v) is 2.28. The summed E-state index contributed by atoms with van der Waals surface area (Å²) >= 11 is 0. The van der Waals surface area contributed by atoms with Gasteiger partial charge in [0.1, 0.15) is 11.5 Å². The van der Waals surface area contributed by atoms with E-state index in [9.17, 15) is 0 Å². The van der Waals surface area contributed by atoms with Crippen molar-refractivity contribution in [2.45, 2.75) is 6.54 Å². The van der Waals surface area contributed by atoms with Gasteiger partial charge in [0.05, 0.1) is 7.11 Å². The summed E-state index contributed by atoms with van der Waals surface area (Å²) in [5, 5.41) is 3.16. The first kappa shape index (κ1) is 15.4. The van der Waals surface area contributed by atoms with E-state index >= 15 is 0 Å². The average Bonchev–Trinajstić information content (AvgIpc) is 2.53. The molecule has 0 atom stereocenters. The lowest BCUT2D eigenvalue weighted by Crippen LogP contribution is -2.09. The second-order valence-electron chi connectivity index (χ2n) is 4.58. The van der Waals surface area contributed by atoms with Crippen molar-refractivity contribution in [2.24, 2.45) is 0 Å². The van der Waals surface area contributed by atoms with Crippen LogP contribution < -0.4 is 14.8 Å². The van der Waals surface area contributed by atoms with Gasteiger partial charge in [-0.05, 0) is 13.1 Å². The number of nitrogens with one attached hydrogen (secondary N) is 1. The van der Waals surface area contributed by atoms with E-state index in [1.54, 1.807) is 14.2 Å². The van der Waals surface area contributed by atoms with E-state index in [-0.39, 0.29) is 6.79 Å². The van der Waals surface area contributed by atoms with Gasteiger partial charge in [0.15, 0.2) is 6.79 Å². The minimum absolute atomic E-state index is 0.211. The van der Waals surface area contributed by atoms with Crippen molar-refractivity contribution in [1.82, 2.24) is 5.32 Å². The zero-order valence-corrected chi connectivity index (χ0v) is 12.7. The molecule has 0 heterocycles. The summed E-state index contributed by atoms with van der Waals surface area (Å²) < 4.78 is 16.3. The molecule has 0 saturated carbocycles. The molecule has 0 fully saturated rings. The van der Waals surface area contributed by atoms with E-state index in [0.29, 0.717) is 0 Å². The SMILES string of the molecule is CNCc1cccc(-c2ccccc2OC)c1OCOC. The van der Waals surface area contributed by atoms with Crippen LogP contribution in [0.3, 0.4) is 0 Å². The highest BCUT2D eigenvalue weighted by Gasteiger charge is 2.14. The van der Waals surface area contributed by atoms with Crippen molar-refractivity contribution in [3.8, 4) is 22.6 Å². The van der Waals surface area contributed by atoms with Crippen LogP contribution in [0, 0.1) is 0 Å². The van der Waals surface area contributed by atoms with Gasteiger partial charge < -0.3 is 19.5 Å². The Morgan fingerprint density at radius 2 is 1.71 bits per heavy atom. The summed E-state index contributed by atoms with van der Waals surface area (Å²) in [5.74, 6) is 1.64. The summed E-state index contributed by atoms with van der Waals surface area (Å²) in [4.78, 5) is 0. The molecule has 0 unspecified atom stereocenters. The highest BCUT2D eigenvalue weighted by molar-refractivity contribution is 5.77. The number of benzene rings is 2. The largest absolute Gasteiger partial charge is 0.496 e. The fraction of sp³-hybridized carbons (Fsp3) is 0.294. The Morgan fingerprint density at radius 3 is 2.43 bits per heavy atom. The third-order valence-electron chi connectivity index (χ3n) is 3.18. The Balaban J connectivity index is 2.53. The molecule has 0 aromatic heterocycles. The molecule has 0 radical (unpaired) electrons. The molecule has 0 aliphatic heterocycles. The maximum Gasteiger partial charge on any atom is 0.188 e. The number of rotatable bonds is 7. The smallest absolute Gasteiger partial charge is 0.188 e. The Bertz CT molecular complexity index is 584. The number of methoxy groups -OCH3 is 2. The van der Waals surface area contributed by atoms with Gasteiger partial charge >= 0.3 is 0 Å². The molecule has 0 aliphatic rings. The molecular formula is C17H21NO3. The molecule has 2 aromatic carbocycles. The molecule has 0 saturated heterocycles. The summed E-state index contributed by atoms with van der Waals surface area (Å²) in [6, 6.07) is 14.0. The van der Waals surface area contributed by atoms with Crippen LogP contribution in [0.5, 0.6) is 11.5 Å². The first-order valence-electron chi connectivity index (χ1n) is 6.83. The van der Waals surface area contributed by atoms with Crippen LogP contribution in [-0.2, 0) is 11.3 Å². The highest BCUT2D eigenvalue weighted by Crippen LogP contribution is 2.38. The van der Waals surface area contributed by atoms with Crippen molar-refractivity contribution in [1.29, 1.82) is 0 Å². The third-order valence-corrected chi connectivity index (χ3v) is 3.18. The van der Waals surface area contributed by atoms with Gasteiger partial charge in [0, 0.05) is 30.3 Å². The monoisotopic (exact) mass is 287 g/mol. The molecule has 4 heteroatoms. The Kier molecular flexibility index (Phi) is 5.60. The van der Waals surface area contributed by atoms with Crippen molar-refractivity contribution < 1.29 is 14.2 Å². The van der Waals surface area contributed by atoms with Gasteiger partial charge in [-0.1, -0.05) is 36.4 Å². The van der Waals surface area contributed by atoms with Crippen molar-refractivity contribution in [3.05, 3.63) is 48.0 Å². The topological polar surface area (TPSA) is 39.7 Å². The zero-order valence-electron chi connectivity index (χ0n) is 12.7. The zero-order chi connectivity index (χ0) is 15.1. The second-order valence-corrected chi connectivity index (χ2v) is 4.58. The lowest BCUT2D eigenvalue weighted by molar-refractivity contribution is 0.0508. The summed E-state index contributed by atoms with van der Waals surface area (Å²) in [5.41, 5.74) is 3.08. The van der Waals surface area contributed by atoms with Gasteiger partial charge in [-0.15, -0.1) is 0 Å². The molecule has 0 bridgehead atoms. The number of hydrogen-bond donors (Lipinski definition) is 1. The van der Waals surface area contributed by atoms with Crippen molar-refractivity contribution >= 4 is 0 Å². The maximum atomic E-state index is 5.81.